The van der Waals surface area contributed by atoms with Gasteiger partial charge in [-0.1, -0.05) is 0 Å². The van der Waals surface area contributed by atoms with Gasteiger partial charge in [-0.05, 0) is 46.7 Å². The zero-order chi connectivity index (χ0) is 13.7. The highest BCUT2D eigenvalue weighted by Crippen LogP contribution is 2.26. The van der Waals surface area contributed by atoms with Crippen molar-refractivity contribution in [2.75, 3.05) is 12.3 Å². The topological polar surface area (TPSA) is 73.9 Å². The molecule has 0 spiro atoms. The Morgan fingerprint density at radius 3 is 2.84 bits per heavy atom. The van der Waals surface area contributed by atoms with Crippen molar-refractivity contribution in [2.45, 2.75) is 23.6 Å². The number of anilines is 1. The normalized spacial score (nSPS) is 10.6. The molecule has 0 aliphatic carbocycles. The quantitative estimate of drug-likeness (QED) is 0.843. The minimum atomic E-state index is 0.364. The highest BCUT2D eigenvalue weighted by molar-refractivity contribution is 9.10. The molecule has 7 heteroatoms. The molecule has 0 amide bonds. The van der Waals surface area contributed by atoms with Crippen LogP contribution in [0.2, 0.25) is 0 Å². The van der Waals surface area contributed by atoms with Crippen LogP contribution in [0.1, 0.15) is 12.7 Å². The monoisotopic (exact) mass is 340 g/mol. The van der Waals surface area contributed by atoms with E-state index in [4.69, 9.17) is 10.5 Å². The molecule has 2 rings (SSSR count). The number of nitrogens with two attached hydrogens (primary N) is 1. The average Bonchev–Trinajstić information content (AvgIpc) is 2.38. The van der Waals surface area contributed by atoms with E-state index in [1.54, 1.807) is 12.3 Å². The van der Waals surface area contributed by atoms with E-state index in [9.17, 15) is 0 Å². The van der Waals surface area contributed by atoms with Crippen LogP contribution >= 0.6 is 27.7 Å². The molecular formula is C12H13BrN4OS. The maximum absolute atomic E-state index is 5.76. The van der Waals surface area contributed by atoms with Crippen LogP contribution in [-0.4, -0.2) is 21.6 Å². The van der Waals surface area contributed by atoms with Crippen molar-refractivity contribution in [1.29, 1.82) is 0 Å². The van der Waals surface area contributed by atoms with Gasteiger partial charge < -0.3 is 10.5 Å². The molecule has 2 N–H and O–H groups in total. The van der Waals surface area contributed by atoms with Crippen LogP contribution in [0.15, 0.2) is 38.9 Å². The number of hydrogen-bond acceptors (Lipinski definition) is 6. The van der Waals surface area contributed by atoms with Crippen LogP contribution in [-0.2, 0) is 11.3 Å². The van der Waals surface area contributed by atoms with E-state index in [1.165, 1.54) is 11.8 Å². The summed E-state index contributed by atoms with van der Waals surface area (Å²) in [5.41, 5.74) is 5.76. The molecule has 2 aromatic heterocycles. The summed E-state index contributed by atoms with van der Waals surface area (Å²) in [6.07, 6.45) is 1.74. The molecule has 0 saturated heterocycles. The summed E-state index contributed by atoms with van der Waals surface area (Å²) in [6.45, 7) is 2.91. The Hall–Kier alpha value is -1.18. The maximum atomic E-state index is 5.76. The number of aromatic nitrogens is 3. The SMILES string of the molecule is CCOCc1nc(N)cc(Sc2ccc(Br)cn2)n1. The first kappa shape index (κ1) is 14.2. The molecule has 0 radical (unpaired) electrons. The third-order valence-corrected chi connectivity index (χ3v) is 3.45. The van der Waals surface area contributed by atoms with Gasteiger partial charge in [-0.3, -0.25) is 0 Å². The van der Waals surface area contributed by atoms with Crippen molar-refractivity contribution in [2.24, 2.45) is 0 Å². The van der Waals surface area contributed by atoms with E-state index in [1.807, 2.05) is 19.1 Å². The van der Waals surface area contributed by atoms with E-state index in [0.29, 0.717) is 24.9 Å². The maximum Gasteiger partial charge on any atom is 0.157 e. The van der Waals surface area contributed by atoms with Crippen molar-refractivity contribution >= 4 is 33.5 Å². The molecule has 0 atom stereocenters. The molecule has 2 heterocycles. The van der Waals surface area contributed by atoms with Gasteiger partial charge in [0, 0.05) is 23.3 Å². The zero-order valence-corrected chi connectivity index (χ0v) is 12.7. The lowest BCUT2D eigenvalue weighted by Gasteiger charge is -2.05. The number of hydrogen-bond donors (Lipinski definition) is 1. The van der Waals surface area contributed by atoms with E-state index in [-0.39, 0.29) is 0 Å². The summed E-state index contributed by atoms with van der Waals surface area (Å²) in [4.78, 5) is 12.8. The van der Waals surface area contributed by atoms with E-state index < -0.39 is 0 Å². The van der Waals surface area contributed by atoms with Crippen molar-refractivity contribution in [3.63, 3.8) is 0 Å². The lowest BCUT2D eigenvalue weighted by atomic mass is 10.5. The molecule has 5 nitrogen and oxygen atoms in total. The van der Waals surface area contributed by atoms with Gasteiger partial charge in [-0.25, -0.2) is 15.0 Å². The first-order chi connectivity index (χ1) is 9.17. The Labute approximate surface area is 124 Å². The lowest BCUT2D eigenvalue weighted by molar-refractivity contribution is 0.128. The molecule has 0 saturated carbocycles. The Balaban J connectivity index is 2.15. The molecule has 0 aliphatic rings. The summed E-state index contributed by atoms with van der Waals surface area (Å²) < 4.78 is 6.22. The summed E-state index contributed by atoms with van der Waals surface area (Å²) in [5, 5.41) is 1.61. The number of rotatable bonds is 5. The fourth-order valence-electron chi connectivity index (χ4n) is 1.33. The van der Waals surface area contributed by atoms with E-state index in [0.717, 1.165) is 14.5 Å². The van der Waals surface area contributed by atoms with Crippen molar-refractivity contribution < 1.29 is 4.74 Å². The number of nitrogens with zero attached hydrogens (tertiary/aromatic N) is 3. The van der Waals surface area contributed by atoms with Gasteiger partial charge in [-0.15, -0.1) is 0 Å². The number of ether oxygens (including phenoxy) is 1. The first-order valence-corrected chi connectivity index (χ1v) is 7.29. The Morgan fingerprint density at radius 1 is 1.32 bits per heavy atom. The molecule has 100 valence electrons. The van der Waals surface area contributed by atoms with Gasteiger partial charge in [0.15, 0.2) is 5.82 Å². The molecule has 19 heavy (non-hydrogen) atoms. The summed E-state index contributed by atoms with van der Waals surface area (Å²) in [7, 11) is 0. The van der Waals surface area contributed by atoms with Crippen molar-refractivity contribution in [3.05, 3.63) is 34.7 Å². The molecule has 2 aromatic rings. The summed E-state index contributed by atoms with van der Waals surface area (Å²) in [6, 6.07) is 5.57. The van der Waals surface area contributed by atoms with E-state index in [2.05, 4.69) is 30.9 Å². The van der Waals surface area contributed by atoms with Crippen LogP contribution in [0.3, 0.4) is 0 Å². The number of nitrogen functional groups attached to an aromatic ring is 1. The smallest absolute Gasteiger partial charge is 0.157 e. The van der Waals surface area contributed by atoms with Gasteiger partial charge >= 0.3 is 0 Å². The first-order valence-electron chi connectivity index (χ1n) is 5.68. The third-order valence-electron chi connectivity index (χ3n) is 2.11. The van der Waals surface area contributed by atoms with Gasteiger partial charge in [0.25, 0.3) is 0 Å². The molecule has 0 unspecified atom stereocenters. The Kier molecular flexibility index (Phi) is 5.12. The van der Waals surface area contributed by atoms with Crippen molar-refractivity contribution in [3.8, 4) is 0 Å². The number of halogens is 1. The summed E-state index contributed by atoms with van der Waals surface area (Å²) >= 11 is 4.79. The second-order valence-electron chi connectivity index (χ2n) is 3.60. The average molecular weight is 341 g/mol. The molecular weight excluding hydrogens is 328 g/mol. The van der Waals surface area contributed by atoms with Crippen molar-refractivity contribution in [1.82, 2.24) is 15.0 Å². The second-order valence-corrected chi connectivity index (χ2v) is 5.56. The van der Waals surface area contributed by atoms with Crippen LogP contribution in [0.5, 0.6) is 0 Å². The Bertz CT molecular complexity index is 550. The minimum absolute atomic E-state index is 0.364. The highest BCUT2D eigenvalue weighted by atomic mass is 79.9. The van der Waals surface area contributed by atoms with Crippen LogP contribution in [0, 0.1) is 0 Å². The molecule has 0 aliphatic heterocycles. The summed E-state index contributed by atoms with van der Waals surface area (Å²) in [5.74, 6) is 1.02. The molecule has 0 aromatic carbocycles. The molecule has 0 fully saturated rings. The van der Waals surface area contributed by atoms with Gasteiger partial charge in [0.2, 0.25) is 0 Å². The van der Waals surface area contributed by atoms with Crippen LogP contribution in [0.25, 0.3) is 0 Å². The highest BCUT2D eigenvalue weighted by Gasteiger charge is 2.05. The van der Waals surface area contributed by atoms with Gasteiger partial charge in [0.1, 0.15) is 22.5 Å². The predicted molar refractivity (Wildman–Crippen MR) is 77.8 cm³/mol. The number of pyridine rings is 1. The van der Waals surface area contributed by atoms with Gasteiger partial charge in [-0.2, -0.15) is 0 Å². The zero-order valence-electron chi connectivity index (χ0n) is 10.3. The van der Waals surface area contributed by atoms with Crippen LogP contribution in [0.4, 0.5) is 5.82 Å². The standard InChI is InChI=1S/C12H13BrN4OS/c1-2-18-7-10-16-9(14)5-12(17-10)19-11-4-3-8(13)6-15-11/h3-6H,2,7H2,1H3,(H2,14,16,17). The van der Waals surface area contributed by atoms with Crippen LogP contribution < -0.4 is 5.73 Å². The van der Waals surface area contributed by atoms with E-state index >= 15 is 0 Å². The fraction of sp³-hybridized carbons (Fsp3) is 0.250. The third kappa shape index (κ3) is 4.45. The minimum Gasteiger partial charge on any atom is -0.384 e. The second kappa shape index (κ2) is 6.83. The molecule has 0 bridgehead atoms. The lowest BCUT2D eigenvalue weighted by Crippen LogP contribution is -2.03. The predicted octanol–water partition coefficient (Wildman–Crippen LogP) is 2.90. The Morgan fingerprint density at radius 2 is 2.16 bits per heavy atom. The fourth-order valence-corrected chi connectivity index (χ4v) is 2.35. The van der Waals surface area contributed by atoms with Gasteiger partial charge in [0.05, 0.1) is 0 Å². The largest absolute Gasteiger partial charge is 0.384 e.